The highest BCUT2D eigenvalue weighted by Gasteiger charge is 2.26. The van der Waals surface area contributed by atoms with Crippen molar-refractivity contribution in [1.29, 1.82) is 0 Å². The van der Waals surface area contributed by atoms with Crippen LogP contribution in [0, 0.1) is 13.8 Å². The number of fused-ring (bicyclic) bond motifs is 1. The lowest BCUT2D eigenvalue weighted by Gasteiger charge is -2.33. The maximum absolute atomic E-state index is 12.5. The molecule has 32 heavy (non-hydrogen) atoms. The Morgan fingerprint density at radius 1 is 1.12 bits per heavy atom. The molecule has 0 unspecified atom stereocenters. The monoisotopic (exact) mass is 439 g/mol. The maximum Gasteiger partial charge on any atom is 0.265 e. The number of anilines is 2. The van der Waals surface area contributed by atoms with Crippen LogP contribution >= 0.6 is 0 Å². The van der Waals surface area contributed by atoms with E-state index in [2.05, 4.69) is 10.2 Å². The summed E-state index contributed by atoms with van der Waals surface area (Å²) in [5, 5.41) is 2.85. The van der Waals surface area contributed by atoms with E-state index < -0.39 is 0 Å². The van der Waals surface area contributed by atoms with E-state index in [0.717, 1.165) is 30.8 Å². The molecule has 0 radical (unpaired) electrons. The van der Waals surface area contributed by atoms with Crippen LogP contribution in [-0.2, 0) is 14.3 Å². The van der Waals surface area contributed by atoms with Gasteiger partial charge in [0.2, 0.25) is 0 Å². The summed E-state index contributed by atoms with van der Waals surface area (Å²) in [7, 11) is 0. The number of amides is 2. The fraction of sp³-hybridized carbons (Fsp3) is 0.417. The molecular formula is C24H29N3O5. The molecule has 2 aliphatic heterocycles. The Kier molecular flexibility index (Phi) is 6.92. The Labute approximate surface area is 188 Å². The molecule has 2 aromatic carbocycles. The molecule has 1 saturated heterocycles. The summed E-state index contributed by atoms with van der Waals surface area (Å²) < 4.78 is 16.7. The third-order valence-electron chi connectivity index (χ3n) is 5.84. The summed E-state index contributed by atoms with van der Waals surface area (Å²) in [6.45, 7) is 8.37. The number of nitrogens with one attached hydrogen (secondary N) is 1. The van der Waals surface area contributed by atoms with E-state index >= 15 is 0 Å². The molecule has 0 saturated carbocycles. The van der Waals surface area contributed by atoms with Crippen LogP contribution in [0.2, 0.25) is 0 Å². The van der Waals surface area contributed by atoms with Gasteiger partial charge in [-0.1, -0.05) is 12.1 Å². The molecule has 2 aromatic rings. The summed E-state index contributed by atoms with van der Waals surface area (Å²) in [6, 6.07) is 11.1. The quantitative estimate of drug-likeness (QED) is 0.714. The van der Waals surface area contributed by atoms with Gasteiger partial charge in [-0.15, -0.1) is 0 Å². The van der Waals surface area contributed by atoms with Crippen molar-refractivity contribution in [3.05, 3.63) is 47.5 Å². The van der Waals surface area contributed by atoms with Crippen molar-refractivity contribution in [3.63, 3.8) is 0 Å². The third kappa shape index (κ3) is 5.20. The van der Waals surface area contributed by atoms with Crippen LogP contribution in [0.15, 0.2) is 36.4 Å². The summed E-state index contributed by atoms with van der Waals surface area (Å²) in [5.41, 5.74) is 3.39. The van der Waals surface area contributed by atoms with Crippen LogP contribution in [0.1, 0.15) is 11.1 Å². The average molecular weight is 440 g/mol. The standard InChI is InChI=1S/C24H29N3O5/c1-17-4-3-5-21(18(17)2)31-15-23(28)25-19-6-7-22-20(14-19)27(24(29)16-32-22)9-8-26-10-12-30-13-11-26/h3-7,14H,8-13,15-16H2,1-2H3,(H,25,28). The molecule has 8 nitrogen and oxygen atoms in total. The minimum Gasteiger partial charge on any atom is -0.483 e. The summed E-state index contributed by atoms with van der Waals surface area (Å²) in [6.07, 6.45) is 0. The zero-order valence-corrected chi connectivity index (χ0v) is 18.6. The normalized spacial score (nSPS) is 16.3. The number of aryl methyl sites for hydroxylation is 1. The van der Waals surface area contributed by atoms with Crippen molar-refractivity contribution in [3.8, 4) is 11.5 Å². The molecule has 1 fully saturated rings. The average Bonchev–Trinajstić information content (AvgIpc) is 2.80. The lowest BCUT2D eigenvalue weighted by atomic mass is 10.1. The topological polar surface area (TPSA) is 80.3 Å². The fourth-order valence-corrected chi connectivity index (χ4v) is 3.81. The van der Waals surface area contributed by atoms with Crippen LogP contribution in [0.3, 0.4) is 0 Å². The van der Waals surface area contributed by atoms with E-state index in [4.69, 9.17) is 14.2 Å². The van der Waals surface area contributed by atoms with Crippen molar-refractivity contribution < 1.29 is 23.8 Å². The van der Waals surface area contributed by atoms with Gasteiger partial charge in [0.05, 0.1) is 18.9 Å². The van der Waals surface area contributed by atoms with Crippen molar-refractivity contribution in [1.82, 2.24) is 4.90 Å². The number of benzene rings is 2. The Morgan fingerprint density at radius 3 is 2.75 bits per heavy atom. The zero-order chi connectivity index (χ0) is 22.5. The number of nitrogens with zero attached hydrogens (tertiary/aromatic N) is 2. The van der Waals surface area contributed by atoms with Gasteiger partial charge < -0.3 is 24.4 Å². The minimum absolute atomic E-state index is 0.0193. The highest BCUT2D eigenvalue weighted by atomic mass is 16.5. The highest BCUT2D eigenvalue weighted by Crippen LogP contribution is 2.34. The van der Waals surface area contributed by atoms with Crippen LogP contribution < -0.4 is 19.7 Å². The first kappa shape index (κ1) is 22.1. The van der Waals surface area contributed by atoms with Gasteiger partial charge in [0.1, 0.15) is 11.5 Å². The fourth-order valence-electron chi connectivity index (χ4n) is 3.81. The van der Waals surface area contributed by atoms with Crippen LogP contribution in [0.5, 0.6) is 11.5 Å². The van der Waals surface area contributed by atoms with Gasteiger partial charge in [-0.2, -0.15) is 0 Å². The van der Waals surface area contributed by atoms with E-state index in [1.165, 1.54) is 0 Å². The minimum atomic E-state index is -0.270. The zero-order valence-electron chi connectivity index (χ0n) is 18.6. The number of rotatable bonds is 7. The first-order valence-electron chi connectivity index (χ1n) is 10.9. The molecule has 2 amide bonds. The van der Waals surface area contributed by atoms with E-state index in [1.54, 1.807) is 23.1 Å². The smallest absolute Gasteiger partial charge is 0.265 e. The molecular weight excluding hydrogens is 410 g/mol. The van der Waals surface area contributed by atoms with Crippen LogP contribution in [-0.4, -0.2) is 69.3 Å². The lowest BCUT2D eigenvalue weighted by Crippen LogP contribution is -2.45. The molecule has 2 aliphatic rings. The highest BCUT2D eigenvalue weighted by molar-refractivity contribution is 5.99. The van der Waals surface area contributed by atoms with Gasteiger partial charge in [0.25, 0.3) is 11.8 Å². The number of hydrogen-bond donors (Lipinski definition) is 1. The summed E-state index contributed by atoms with van der Waals surface area (Å²) >= 11 is 0. The molecule has 4 rings (SSSR count). The lowest BCUT2D eigenvalue weighted by molar-refractivity contribution is -0.121. The largest absolute Gasteiger partial charge is 0.483 e. The SMILES string of the molecule is Cc1cccc(OCC(=O)Nc2ccc3c(c2)N(CCN2CCOCC2)C(=O)CO3)c1C. The van der Waals surface area contributed by atoms with Crippen molar-refractivity contribution in [2.45, 2.75) is 13.8 Å². The first-order chi connectivity index (χ1) is 15.5. The van der Waals surface area contributed by atoms with E-state index in [-0.39, 0.29) is 25.0 Å². The second-order valence-corrected chi connectivity index (χ2v) is 8.01. The predicted octanol–water partition coefficient (Wildman–Crippen LogP) is 2.38. The van der Waals surface area contributed by atoms with Gasteiger partial charge in [-0.3, -0.25) is 14.5 Å². The molecule has 0 atom stereocenters. The van der Waals surface area contributed by atoms with E-state index in [1.807, 2.05) is 32.0 Å². The number of morpholine rings is 1. The van der Waals surface area contributed by atoms with Crippen molar-refractivity contribution in [2.75, 3.05) is 62.8 Å². The van der Waals surface area contributed by atoms with Gasteiger partial charge >= 0.3 is 0 Å². The molecule has 0 spiro atoms. The van der Waals surface area contributed by atoms with Crippen LogP contribution in [0.4, 0.5) is 11.4 Å². The number of hydrogen-bond acceptors (Lipinski definition) is 6. The van der Waals surface area contributed by atoms with E-state index in [9.17, 15) is 9.59 Å². The number of carbonyl (C=O) groups is 2. The van der Waals surface area contributed by atoms with Crippen molar-refractivity contribution in [2.24, 2.45) is 0 Å². The molecule has 2 heterocycles. The maximum atomic E-state index is 12.5. The Balaban J connectivity index is 1.40. The second kappa shape index (κ2) is 10.0. The predicted molar refractivity (Wildman–Crippen MR) is 122 cm³/mol. The Bertz CT molecular complexity index is 988. The summed E-state index contributed by atoms with van der Waals surface area (Å²) in [5.74, 6) is 0.969. The van der Waals surface area contributed by atoms with Crippen molar-refractivity contribution >= 4 is 23.2 Å². The Morgan fingerprint density at radius 2 is 1.94 bits per heavy atom. The summed E-state index contributed by atoms with van der Waals surface area (Å²) in [4.78, 5) is 29.0. The Hall–Kier alpha value is -3.10. The first-order valence-corrected chi connectivity index (χ1v) is 10.9. The van der Waals surface area contributed by atoms with Gasteiger partial charge in [-0.05, 0) is 49.2 Å². The third-order valence-corrected chi connectivity index (χ3v) is 5.84. The number of ether oxygens (including phenoxy) is 3. The molecule has 0 aliphatic carbocycles. The second-order valence-electron chi connectivity index (χ2n) is 8.01. The van der Waals surface area contributed by atoms with Crippen LogP contribution in [0.25, 0.3) is 0 Å². The molecule has 0 bridgehead atoms. The number of carbonyl (C=O) groups excluding carboxylic acids is 2. The van der Waals surface area contributed by atoms with Gasteiger partial charge in [0.15, 0.2) is 13.2 Å². The van der Waals surface area contributed by atoms with Gasteiger partial charge in [0, 0.05) is 31.9 Å². The molecule has 170 valence electrons. The molecule has 8 heteroatoms. The van der Waals surface area contributed by atoms with Gasteiger partial charge in [-0.25, -0.2) is 0 Å². The molecule has 0 aromatic heterocycles. The van der Waals surface area contributed by atoms with E-state index in [0.29, 0.717) is 42.6 Å². The molecule has 1 N–H and O–H groups in total.